The molecule has 1 aliphatic heterocycles. The van der Waals surface area contributed by atoms with Gasteiger partial charge in [0.15, 0.2) is 0 Å². The Hall–Kier alpha value is -1.39. The van der Waals surface area contributed by atoms with Crippen molar-refractivity contribution in [3.8, 4) is 0 Å². The van der Waals surface area contributed by atoms with Gasteiger partial charge in [0.2, 0.25) is 0 Å². The molecule has 1 aromatic rings. The molecule has 2 rings (SSSR count). The van der Waals surface area contributed by atoms with Gasteiger partial charge in [0.05, 0.1) is 6.61 Å². The fraction of sp³-hybridized carbons (Fsp3) is 0.562. The topological polar surface area (TPSA) is 55.6 Å². The Morgan fingerprint density at radius 2 is 2.15 bits per heavy atom. The van der Waals surface area contributed by atoms with Crippen molar-refractivity contribution in [2.45, 2.75) is 19.3 Å². The maximum Gasteiger partial charge on any atom is 0.253 e. The standard InChI is InChI=1S/C16H24N2O2/c1-18(11-14-3-2-10-20-12-14)16(19)15-6-4-13(5-7-15)8-9-17/h4-7,14H,2-3,8-12,17H2,1H3. The van der Waals surface area contributed by atoms with Crippen molar-refractivity contribution in [3.63, 3.8) is 0 Å². The summed E-state index contributed by atoms with van der Waals surface area (Å²) in [7, 11) is 1.87. The van der Waals surface area contributed by atoms with Crippen LogP contribution in [0.15, 0.2) is 24.3 Å². The molecule has 1 atom stereocenters. The molecule has 4 nitrogen and oxygen atoms in total. The first kappa shape index (κ1) is 15.0. The molecule has 1 unspecified atom stereocenters. The molecule has 0 saturated carbocycles. The molecule has 20 heavy (non-hydrogen) atoms. The fourth-order valence-electron chi connectivity index (χ4n) is 2.62. The number of benzene rings is 1. The zero-order valence-corrected chi connectivity index (χ0v) is 12.2. The van der Waals surface area contributed by atoms with Crippen LogP contribution < -0.4 is 5.73 Å². The monoisotopic (exact) mass is 276 g/mol. The molecule has 1 fully saturated rings. The van der Waals surface area contributed by atoms with Crippen LogP contribution in [0.3, 0.4) is 0 Å². The summed E-state index contributed by atoms with van der Waals surface area (Å²) in [6.45, 7) is 3.03. The summed E-state index contributed by atoms with van der Waals surface area (Å²) in [5, 5.41) is 0. The molecule has 0 aromatic heterocycles. The van der Waals surface area contributed by atoms with Crippen LogP contribution >= 0.6 is 0 Å². The third kappa shape index (κ3) is 4.05. The highest BCUT2D eigenvalue weighted by molar-refractivity contribution is 5.94. The third-order valence-electron chi connectivity index (χ3n) is 3.77. The van der Waals surface area contributed by atoms with Crippen molar-refractivity contribution in [2.75, 3.05) is 33.4 Å². The molecule has 0 radical (unpaired) electrons. The Bertz CT molecular complexity index is 425. The number of nitrogens with zero attached hydrogens (tertiary/aromatic N) is 1. The van der Waals surface area contributed by atoms with Gasteiger partial charge in [-0.25, -0.2) is 0 Å². The van der Waals surface area contributed by atoms with Crippen LogP contribution in [0.1, 0.15) is 28.8 Å². The predicted molar refractivity (Wildman–Crippen MR) is 79.7 cm³/mol. The van der Waals surface area contributed by atoms with Crippen LogP contribution in [-0.2, 0) is 11.2 Å². The lowest BCUT2D eigenvalue weighted by atomic mass is 10.0. The number of carbonyl (C=O) groups is 1. The van der Waals surface area contributed by atoms with E-state index in [9.17, 15) is 4.79 Å². The molecule has 1 amide bonds. The van der Waals surface area contributed by atoms with E-state index in [0.29, 0.717) is 12.5 Å². The molecule has 0 spiro atoms. The lowest BCUT2D eigenvalue weighted by Gasteiger charge is -2.27. The molecule has 1 aromatic carbocycles. The second kappa shape index (κ2) is 7.41. The van der Waals surface area contributed by atoms with Crippen LogP contribution in [0.25, 0.3) is 0 Å². The molecular weight excluding hydrogens is 252 g/mol. The van der Waals surface area contributed by atoms with E-state index in [2.05, 4.69) is 0 Å². The Kier molecular flexibility index (Phi) is 5.56. The number of ether oxygens (including phenoxy) is 1. The number of amides is 1. The number of carbonyl (C=O) groups excluding carboxylic acids is 1. The van der Waals surface area contributed by atoms with E-state index in [1.54, 1.807) is 4.90 Å². The number of hydrogen-bond acceptors (Lipinski definition) is 3. The Morgan fingerprint density at radius 1 is 1.40 bits per heavy atom. The van der Waals surface area contributed by atoms with Gasteiger partial charge in [0.25, 0.3) is 5.91 Å². The molecule has 110 valence electrons. The lowest BCUT2D eigenvalue weighted by Crippen LogP contribution is -2.35. The Morgan fingerprint density at radius 3 is 2.75 bits per heavy atom. The SMILES string of the molecule is CN(CC1CCCOC1)C(=O)c1ccc(CCN)cc1. The van der Waals surface area contributed by atoms with Crippen molar-refractivity contribution in [2.24, 2.45) is 11.7 Å². The van der Waals surface area contributed by atoms with E-state index < -0.39 is 0 Å². The maximum absolute atomic E-state index is 12.3. The minimum atomic E-state index is 0.0786. The average molecular weight is 276 g/mol. The summed E-state index contributed by atoms with van der Waals surface area (Å²) < 4.78 is 5.46. The summed E-state index contributed by atoms with van der Waals surface area (Å²) in [5.74, 6) is 0.545. The first-order chi connectivity index (χ1) is 9.70. The minimum Gasteiger partial charge on any atom is -0.381 e. The van der Waals surface area contributed by atoms with Crippen LogP contribution in [0.4, 0.5) is 0 Å². The van der Waals surface area contributed by atoms with Crippen molar-refractivity contribution in [1.82, 2.24) is 4.90 Å². The molecule has 1 heterocycles. The van der Waals surface area contributed by atoms with Crippen molar-refractivity contribution < 1.29 is 9.53 Å². The van der Waals surface area contributed by atoms with Gasteiger partial charge in [-0.05, 0) is 49.4 Å². The summed E-state index contributed by atoms with van der Waals surface area (Å²) in [6, 6.07) is 7.75. The highest BCUT2D eigenvalue weighted by atomic mass is 16.5. The largest absolute Gasteiger partial charge is 0.381 e. The summed E-state index contributed by atoms with van der Waals surface area (Å²) in [6.07, 6.45) is 3.09. The van der Waals surface area contributed by atoms with Gasteiger partial charge >= 0.3 is 0 Å². The van der Waals surface area contributed by atoms with Crippen LogP contribution in [0.2, 0.25) is 0 Å². The predicted octanol–water partition coefficient (Wildman–Crippen LogP) is 1.69. The molecule has 0 aliphatic carbocycles. The highest BCUT2D eigenvalue weighted by Crippen LogP contribution is 2.16. The Balaban J connectivity index is 1.91. The van der Waals surface area contributed by atoms with E-state index in [1.165, 1.54) is 5.56 Å². The quantitative estimate of drug-likeness (QED) is 0.890. The van der Waals surface area contributed by atoms with Gasteiger partial charge in [-0.15, -0.1) is 0 Å². The fourth-order valence-corrected chi connectivity index (χ4v) is 2.62. The van der Waals surface area contributed by atoms with Gasteiger partial charge in [-0.2, -0.15) is 0 Å². The zero-order chi connectivity index (χ0) is 14.4. The minimum absolute atomic E-state index is 0.0786. The van der Waals surface area contributed by atoms with Crippen LogP contribution in [-0.4, -0.2) is 44.2 Å². The molecule has 1 aliphatic rings. The van der Waals surface area contributed by atoms with Gasteiger partial charge in [-0.3, -0.25) is 4.79 Å². The van der Waals surface area contributed by atoms with Gasteiger partial charge in [0.1, 0.15) is 0 Å². The third-order valence-corrected chi connectivity index (χ3v) is 3.77. The van der Waals surface area contributed by atoms with E-state index in [4.69, 9.17) is 10.5 Å². The molecule has 4 heteroatoms. The smallest absolute Gasteiger partial charge is 0.253 e. The number of rotatable bonds is 5. The van der Waals surface area contributed by atoms with Gasteiger partial charge in [0, 0.05) is 25.8 Å². The summed E-state index contributed by atoms with van der Waals surface area (Å²) in [5.41, 5.74) is 7.44. The number of nitrogens with two attached hydrogens (primary N) is 1. The van der Waals surface area contributed by atoms with E-state index in [1.807, 2.05) is 31.3 Å². The van der Waals surface area contributed by atoms with E-state index in [0.717, 1.165) is 44.6 Å². The lowest BCUT2D eigenvalue weighted by molar-refractivity contribution is 0.0388. The van der Waals surface area contributed by atoms with Gasteiger partial charge < -0.3 is 15.4 Å². The normalized spacial score (nSPS) is 18.8. The second-order valence-electron chi connectivity index (χ2n) is 5.50. The summed E-state index contributed by atoms with van der Waals surface area (Å²) in [4.78, 5) is 14.2. The summed E-state index contributed by atoms with van der Waals surface area (Å²) >= 11 is 0. The average Bonchev–Trinajstić information content (AvgIpc) is 2.48. The van der Waals surface area contributed by atoms with Crippen molar-refractivity contribution in [1.29, 1.82) is 0 Å². The van der Waals surface area contributed by atoms with Crippen molar-refractivity contribution in [3.05, 3.63) is 35.4 Å². The molecule has 1 saturated heterocycles. The van der Waals surface area contributed by atoms with E-state index in [-0.39, 0.29) is 5.91 Å². The zero-order valence-electron chi connectivity index (χ0n) is 12.2. The first-order valence-electron chi connectivity index (χ1n) is 7.33. The van der Waals surface area contributed by atoms with Crippen molar-refractivity contribution >= 4 is 5.91 Å². The molecule has 2 N–H and O–H groups in total. The van der Waals surface area contributed by atoms with Gasteiger partial charge in [-0.1, -0.05) is 12.1 Å². The highest BCUT2D eigenvalue weighted by Gasteiger charge is 2.19. The van der Waals surface area contributed by atoms with Crippen LogP contribution in [0.5, 0.6) is 0 Å². The second-order valence-corrected chi connectivity index (χ2v) is 5.50. The van der Waals surface area contributed by atoms with E-state index >= 15 is 0 Å². The molecule has 0 bridgehead atoms. The maximum atomic E-state index is 12.3. The first-order valence-corrected chi connectivity index (χ1v) is 7.33. The number of hydrogen-bond donors (Lipinski definition) is 1. The molecular formula is C16H24N2O2. The van der Waals surface area contributed by atoms with Crippen LogP contribution in [0, 0.1) is 5.92 Å². The Labute approximate surface area is 120 Å².